The average molecular weight is 286 g/mol. The predicted octanol–water partition coefficient (Wildman–Crippen LogP) is 3.27. The van der Waals surface area contributed by atoms with Gasteiger partial charge in [0.15, 0.2) is 0 Å². The number of nitrogens with zero attached hydrogens (tertiary/aromatic N) is 3. The Morgan fingerprint density at radius 1 is 1.00 bits per heavy atom. The van der Waals surface area contributed by atoms with Crippen LogP contribution < -0.4 is 5.32 Å². The second-order valence-corrected chi connectivity index (χ2v) is 5.00. The molecule has 0 bridgehead atoms. The predicted molar refractivity (Wildman–Crippen MR) is 76.0 cm³/mol. The summed E-state index contributed by atoms with van der Waals surface area (Å²) in [5.74, 6) is 0.250. The van der Waals surface area contributed by atoms with Gasteiger partial charge >= 0.3 is 0 Å². The molecule has 3 aromatic rings. The van der Waals surface area contributed by atoms with Gasteiger partial charge in [0.1, 0.15) is 16.9 Å². The summed E-state index contributed by atoms with van der Waals surface area (Å²) in [7, 11) is 0. The zero-order valence-corrected chi connectivity index (χ0v) is 11.2. The molecule has 2 heterocycles. The van der Waals surface area contributed by atoms with Crippen molar-refractivity contribution >= 4 is 17.3 Å². The fourth-order valence-corrected chi connectivity index (χ4v) is 2.54. The largest absolute Gasteiger partial charge is 0.341 e. The van der Waals surface area contributed by atoms with Crippen molar-refractivity contribution in [2.45, 2.75) is 6.04 Å². The lowest BCUT2D eigenvalue weighted by Crippen LogP contribution is -2.14. The van der Waals surface area contributed by atoms with Crippen LogP contribution in [0.2, 0.25) is 0 Å². The molecule has 2 aromatic heterocycles. The summed E-state index contributed by atoms with van der Waals surface area (Å²) < 4.78 is 13.1. The van der Waals surface area contributed by atoms with Crippen LogP contribution >= 0.6 is 11.3 Å². The first-order chi connectivity index (χ1) is 9.83. The third-order valence-corrected chi connectivity index (χ3v) is 3.58. The van der Waals surface area contributed by atoms with E-state index in [4.69, 9.17) is 0 Å². The molecule has 0 saturated heterocycles. The number of rotatable bonds is 4. The highest BCUT2D eigenvalue weighted by Crippen LogP contribution is 2.26. The van der Waals surface area contributed by atoms with Crippen LogP contribution in [0.4, 0.5) is 10.3 Å². The van der Waals surface area contributed by atoms with Gasteiger partial charge in [0.2, 0.25) is 5.95 Å². The van der Waals surface area contributed by atoms with E-state index in [0.29, 0.717) is 5.95 Å². The molecule has 6 heteroatoms. The SMILES string of the molecule is Fc1ccc(C(Nc2ncccn2)c2nccs2)cc1. The number of hydrogen-bond donors (Lipinski definition) is 1. The van der Waals surface area contributed by atoms with Gasteiger partial charge in [-0.1, -0.05) is 12.1 Å². The quantitative estimate of drug-likeness (QED) is 0.799. The first kappa shape index (κ1) is 12.7. The standard InChI is InChI=1S/C14H11FN4S/c15-11-4-2-10(3-5-11)12(13-16-8-9-20-13)19-14-17-6-1-7-18-14/h1-9,12H,(H,17,18,19). The van der Waals surface area contributed by atoms with Crippen molar-refractivity contribution in [3.05, 3.63) is 70.7 Å². The van der Waals surface area contributed by atoms with Gasteiger partial charge in [-0.15, -0.1) is 11.3 Å². The molecule has 100 valence electrons. The normalized spacial score (nSPS) is 12.1. The van der Waals surface area contributed by atoms with E-state index in [2.05, 4.69) is 20.3 Å². The third kappa shape index (κ3) is 2.80. The van der Waals surface area contributed by atoms with Gasteiger partial charge in [-0.3, -0.25) is 0 Å². The van der Waals surface area contributed by atoms with Gasteiger partial charge in [0.05, 0.1) is 0 Å². The zero-order valence-electron chi connectivity index (χ0n) is 10.4. The van der Waals surface area contributed by atoms with Crippen molar-refractivity contribution in [3.8, 4) is 0 Å². The summed E-state index contributed by atoms with van der Waals surface area (Å²) in [5, 5.41) is 6.00. The molecule has 1 N–H and O–H groups in total. The minimum atomic E-state index is -0.261. The molecule has 20 heavy (non-hydrogen) atoms. The zero-order chi connectivity index (χ0) is 13.8. The smallest absolute Gasteiger partial charge is 0.223 e. The molecule has 0 amide bonds. The number of nitrogens with one attached hydrogen (secondary N) is 1. The average Bonchev–Trinajstić information content (AvgIpc) is 3.01. The highest BCUT2D eigenvalue weighted by atomic mass is 32.1. The van der Waals surface area contributed by atoms with Crippen LogP contribution in [0.25, 0.3) is 0 Å². The first-order valence-corrected chi connectivity index (χ1v) is 6.89. The fraction of sp³-hybridized carbons (Fsp3) is 0.0714. The van der Waals surface area contributed by atoms with Crippen LogP contribution in [0.3, 0.4) is 0 Å². The van der Waals surface area contributed by atoms with Crippen molar-refractivity contribution in [1.29, 1.82) is 0 Å². The van der Waals surface area contributed by atoms with E-state index >= 15 is 0 Å². The maximum Gasteiger partial charge on any atom is 0.223 e. The Balaban J connectivity index is 1.94. The first-order valence-electron chi connectivity index (χ1n) is 6.01. The van der Waals surface area contributed by atoms with Crippen LogP contribution in [-0.4, -0.2) is 15.0 Å². The molecule has 4 nitrogen and oxygen atoms in total. The van der Waals surface area contributed by atoms with Crippen LogP contribution in [0, 0.1) is 5.82 Å². The molecule has 1 atom stereocenters. The lowest BCUT2D eigenvalue weighted by atomic mass is 10.1. The number of halogens is 1. The summed E-state index contributed by atoms with van der Waals surface area (Å²) in [6.45, 7) is 0. The third-order valence-electron chi connectivity index (χ3n) is 2.74. The highest BCUT2D eigenvalue weighted by Gasteiger charge is 2.17. The lowest BCUT2D eigenvalue weighted by Gasteiger charge is -2.16. The van der Waals surface area contributed by atoms with E-state index in [1.165, 1.54) is 23.5 Å². The van der Waals surface area contributed by atoms with Crippen LogP contribution in [0.5, 0.6) is 0 Å². The van der Waals surface area contributed by atoms with E-state index in [9.17, 15) is 4.39 Å². The Labute approximate surface area is 119 Å². The number of benzene rings is 1. The van der Waals surface area contributed by atoms with E-state index in [-0.39, 0.29) is 11.9 Å². The van der Waals surface area contributed by atoms with Crippen molar-refractivity contribution in [1.82, 2.24) is 15.0 Å². The lowest BCUT2D eigenvalue weighted by molar-refractivity contribution is 0.626. The summed E-state index contributed by atoms with van der Waals surface area (Å²) in [5.41, 5.74) is 0.911. The Morgan fingerprint density at radius 3 is 2.40 bits per heavy atom. The van der Waals surface area contributed by atoms with Gasteiger partial charge in [-0.05, 0) is 23.8 Å². The summed E-state index contributed by atoms with van der Waals surface area (Å²) in [6.07, 6.45) is 5.07. The fourth-order valence-electron chi connectivity index (χ4n) is 1.82. The molecule has 0 radical (unpaired) electrons. The van der Waals surface area contributed by atoms with Gasteiger partial charge < -0.3 is 5.32 Å². The molecule has 1 aromatic carbocycles. The minimum absolute atomic E-state index is 0.196. The van der Waals surface area contributed by atoms with Gasteiger partial charge in [0, 0.05) is 24.0 Å². The maximum absolute atomic E-state index is 13.1. The molecule has 0 spiro atoms. The second kappa shape index (κ2) is 5.75. The number of hydrogen-bond acceptors (Lipinski definition) is 5. The van der Waals surface area contributed by atoms with E-state index in [1.807, 2.05) is 5.38 Å². The molecule has 0 aliphatic rings. The monoisotopic (exact) mass is 286 g/mol. The molecule has 0 saturated carbocycles. The maximum atomic E-state index is 13.1. The van der Waals surface area contributed by atoms with Gasteiger partial charge in [-0.25, -0.2) is 19.3 Å². The molecule has 0 aliphatic carbocycles. The van der Waals surface area contributed by atoms with Gasteiger partial charge in [-0.2, -0.15) is 0 Å². The second-order valence-electron chi connectivity index (χ2n) is 4.07. The Kier molecular flexibility index (Phi) is 3.64. The molecular formula is C14H11FN4S. The van der Waals surface area contributed by atoms with Gasteiger partial charge in [0.25, 0.3) is 0 Å². The molecular weight excluding hydrogens is 275 g/mol. The van der Waals surface area contributed by atoms with Crippen molar-refractivity contribution in [2.75, 3.05) is 5.32 Å². The number of anilines is 1. The Bertz CT molecular complexity index is 655. The Hall–Kier alpha value is -2.34. The summed E-state index contributed by atoms with van der Waals surface area (Å²) >= 11 is 1.53. The minimum Gasteiger partial charge on any atom is -0.341 e. The topological polar surface area (TPSA) is 50.7 Å². The van der Waals surface area contributed by atoms with Crippen molar-refractivity contribution in [2.24, 2.45) is 0 Å². The molecule has 0 fully saturated rings. The molecule has 1 unspecified atom stereocenters. The molecule has 3 rings (SSSR count). The highest BCUT2D eigenvalue weighted by molar-refractivity contribution is 7.09. The van der Waals surface area contributed by atoms with Crippen LogP contribution in [0.15, 0.2) is 54.3 Å². The van der Waals surface area contributed by atoms with E-state index in [1.54, 1.807) is 36.8 Å². The summed E-state index contributed by atoms with van der Waals surface area (Å²) in [4.78, 5) is 12.6. The number of aromatic nitrogens is 3. The van der Waals surface area contributed by atoms with E-state index in [0.717, 1.165) is 10.6 Å². The van der Waals surface area contributed by atoms with Crippen molar-refractivity contribution in [3.63, 3.8) is 0 Å². The molecule has 0 aliphatic heterocycles. The Morgan fingerprint density at radius 2 is 1.75 bits per heavy atom. The van der Waals surface area contributed by atoms with E-state index < -0.39 is 0 Å². The van der Waals surface area contributed by atoms with Crippen LogP contribution in [0.1, 0.15) is 16.6 Å². The van der Waals surface area contributed by atoms with Crippen LogP contribution in [-0.2, 0) is 0 Å². The summed E-state index contributed by atoms with van der Waals surface area (Å²) in [6, 6.07) is 7.89. The van der Waals surface area contributed by atoms with Crippen molar-refractivity contribution < 1.29 is 4.39 Å². The number of thiazole rings is 1.